The van der Waals surface area contributed by atoms with E-state index >= 15 is 0 Å². The number of hydrogen-bond acceptors (Lipinski definition) is 6. The van der Waals surface area contributed by atoms with Crippen molar-refractivity contribution in [3.8, 4) is 0 Å². The van der Waals surface area contributed by atoms with Crippen LogP contribution in [0.4, 0.5) is 0 Å². The fraction of sp³-hybridized carbons (Fsp3) is 0.200. The first kappa shape index (κ1) is 16.2. The molecule has 0 aliphatic carbocycles. The summed E-state index contributed by atoms with van der Waals surface area (Å²) < 4.78 is 8.27. The molecule has 0 unspecified atom stereocenters. The van der Waals surface area contributed by atoms with Crippen LogP contribution in [0.3, 0.4) is 0 Å². The Bertz CT molecular complexity index is 283. The van der Waals surface area contributed by atoms with Crippen LogP contribution in [-0.4, -0.2) is 38.7 Å². The Balaban J connectivity index is 0. The number of rotatable bonds is 4. The highest BCUT2D eigenvalue weighted by Crippen LogP contribution is 1.85. The molecule has 6 nitrogen and oxygen atoms in total. The van der Waals surface area contributed by atoms with Gasteiger partial charge in [-0.3, -0.25) is 9.59 Å². The molecule has 0 saturated heterocycles. The van der Waals surface area contributed by atoms with Gasteiger partial charge in [-0.1, -0.05) is 13.2 Å². The van der Waals surface area contributed by atoms with Gasteiger partial charge in [-0.15, -0.1) is 0 Å². The Labute approximate surface area is 92.5 Å². The van der Waals surface area contributed by atoms with Crippen LogP contribution in [0.2, 0.25) is 0 Å². The third-order valence-corrected chi connectivity index (χ3v) is 1.18. The van der Waals surface area contributed by atoms with Crippen molar-refractivity contribution in [1.29, 1.82) is 0 Å². The lowest BCUT2D eigenvalue weighted by Gasteiger charge is -1.90. The van der Waals surface area contributed by atoms with E-state index < -0.39 is 11.9 Å². The molecule has 6 heteroatoms. The van der Waals surface area contributed by atoms with E-state index in [1.165, 1.54) is 14.2 Å². The maximum atomic E-state index is 10.2. The molecule has 0 atom stereocenters. The molecule has 0 radical (unpaired) electrons. The summed E-state index contributed by atoms with van der Waals surface area (Å²) in [6.07, 6.45) is 0.706. The van der Waals surface area contributed by atoms with Crippen molar-refractivity contribution in [2.45, 2.75) is 0 Å². The number of carbonyl (C=O) groups excluding carboxylic acids is 4. The molecule has 0 aromatic carbocycles. The maximum Gasteiger partial charge on any atom is 0.340 e. The first-order valence-corrected chi connectivity index (χ1v) is 3.89. The molecule has 0 aromatic rings. The van der Waals surface area contributed by atoms with Gasteiger partial charge in [0.2, 0.25) is 0 Å². The SMILES string of the molecule is C=C(C=O)C(=O)OC.C=C(C=O)C(=O)OC. The van der Waals surface area contributed by atoms with E-state index in [9.17, 15) is 19.2 Å². The van der Waals surface area contributed by atoms with E-state index in [0.717, 1.165) is 0 Å². The second kappa shape index (κ2) is 9.32. The zero-order chi connectivity index (χ0) is 13.1. The van der Waals surface area contributed by atoms with Gasteiger partial charge in [-0.25, -0.2) is 9.59 Å². The third kappa shape index (κ3) is 7.19. The molecule has 0 N–H and O–H groups in total. The number of aldehydes is 2. The third-order valence-electron chi connectivity index (χ3n) is 1.18. The Morgan fingerprint density at radius 3 is 1.19 bits per heavy atom. The van der Waals surface area contributed by atoms with Gasteiger partial charge in [0.05, 0.1) is 25.4 Å². The van der Waals surface area contributed by atoms with Crippen molar-refractivity contribution in [2.24, 2.45) is 0 Å². The van der Waals surface area contributed by atoms with E-state index in [2.05, 4.69) is 22.6 Å². The molecule has 16 heavy (non-hydrogen) atoms. The summed E-state index contributed by atoms with van der Waals surface area (Å²) in [5.41, 5.74) is -0.319. The number of hydrogen-bond donors (Lipinski definition) is 0. The lowest BCUT2D eigenvalue weighted by Crippen LogP contribution is -2.03. The van der Waals surface area contributed by atoms with Crippen LogP contribution in [-0.2, 0) is 28.7 Å². The Morgan fingerprint density at radius 2 is 1.12 bits per heavy atom. The van der Waals surface area contributed by atoms with Crippen LogP contribution in [0, 0.1) is 0 Å². The molecule has 88 valence electrons. The van der Waals surface area contributed by atoms with Crippen molar-refractivity contribution >= 4 is 24.5 Å². The average molecular weight is 228 g/mol. The van der Waals surface area contributed by atoms with Crippen molar-refractivity contribution in [1.82, 2.24) is 0 Å². The number of esters is 2. The van der Waals surface area contributed by atoms with Gasteiger partial charge in [0.1, 0.15) is 0 Å². The second-order valence-electron chi connectivity index (χ2n) is 2.27. The molecule has 0 aliphatic rings. The summed E-state index contributed by atoms with van der Waals surface area (Å²) in [6, 6.07) is 0. The Kier molecular flexibility index (Phi) is 9.44. The topological polar surface area (TPSA) is 86.7 Å². The molecule has 0 heterocycles. The van der Waals surface area contributed by atoms with Gasteiger partial charge in [0.25, 0.3) is 0 Å². The monoisotopic (exact) mass is 228 g/mol. The van der Waals surface area contributed by atoms with E-state index in [0.29, 0.717) is 12.6 Å². The lowest BCUT2D eigenvalue weighted by atomic mass is 10.3. The molecule has 0 saturated carbocycles. The largest absolute Gasteiger partial charge is 0.465 e. The van der Waals surface area contributed by atoms with Gasteiger partial charge >= 0.3 is 11.9 Å². The quantitative estimate of drug-likeness (QED) is 0.218. The molecule has 0 bridgehead atoms. The summed E-state index contributed by atoms with van der Waals surface area (Å²) in [5, 5.41) is 0. The summed E-state index contributed by atoms with van der Waals surface area (Å²) in [6.45, 7) is 6.20. The average Bonchev–Trinajstić information content (AvgIpc) is 2.35. The zero-order valence-corrected chi connectivity index (χ0v) is 9.02. The van der Waals surface area contributed by atoms with Crippen LogP contribution in [0.25, 0.3) is 0 Å². The zero-order valence-electron chi connectivity index (χ0n) is 9.02. The van der Waals surface area contributed by atoms with Crippen molar-refractivity contribution in [2.75, 3.05) is 14.2 Å². The minimum absolute atomic E-state index is 0.160. The summed E-state index contributed by atoms with van der Waals surface area (Å²) >= 11 is 0. The van der Waals surface area contributed by atoms with Crippen LogP contribution in [0.15, 0.2) is 24.3 Å². The van der Waals surface area contributed by atoms with E-state index in [-0.39, 0.29) is 11.1 Å². The standard InChI is InChI=1S/2C5H6O3/c2*1-4(3-6)5(7)8-2/h2*3H,1H2,2H3. The van der Waals surface area contributed by atoms with Gasteiger partial charge in [-0.2, -0.15) is 0 Å². The highest BCUT2D eigenvalue weighted by Gasteiger charge is 2.02. The molecule has 0 aliphatic heterocycles. The van der Waals surface area contributed by atoms with Gasteiger partial charge in [0.15, 0.2) is 12.6 Å². The first-order chi connectivity index (χ1) is 7.44. The minimum Gasteiger partial charge on any atom is -0.465 e. The fourth-order valence-electron chi connectivity index (χ4n) is 0.358. The molecular formula is C10H12O6. The first-order valence-electron chi connectivity index (χ1n) is 3.89. The lowest BCUT2D eigenvalue weighted by molar-refractivity contribution is -0.137. The molecule has 0 fully saturated rings. The van der Waals surface area contributed by atoms with E-state index in [4.69, 9.17) is 0 Å². The highest BCUT2D eigenvalue weighted by atomic mass is 16.5. The number of ether oxygens (including phenoxy) is 2. The number of carbonyl (C=O) groups is 4. The molecule has 0 spiro atoms. The normalized spacial score (nSPS) is 7.62. The molecule has 0 rings (SSSR count). The van der Waals surface area contributed by atoms with Crippen molar-refractivity contribution in [3.05, 3.63) is 24.3 Å². The molecule has 0 aromatic heterocycles. The maximum absolute atomic E-state index is 10.2. The highest BCUT2D eigenvalue weighted by molar-refractivity contribution is 6.07. The van der Waals surface area contributed by atoms with Gasteiger partial charge in [0, 0.05) is 0 Å². The van der Waals surface area contributed by atoms with Gasteiger partial charge in [-0.05, 0) is 0 Å². The Hall–Kier alpha value is -2.24. The van der Waals surface area contributed by atoms with Crippen LogP contribution in [0.1, 0.15) is 0 Å². The summed E-state index contributed by atoms with van der Waals surface area (Å²) in [7, 11) is 2.38. The van der Waals surface area contributed by atoms with Crippen molar-refractivity contribution < 1.29 is 28.7 Å². The second-order valence-corrected chi connectivity index (χ2v) is 2.27. The van der Waals surface area contributed by atoms with Gasteiger partial charge < -0.3 is 9.47 Å². The predicted octanol–water partition coefficient (Wildman–Crippen LogP) is -0.171. The van der Waals surface area contributed by atoms with Crippen LogP contribution in [0.5, 0.6) is 0 Å². The summed E-state index contributed by atoms with van der Waals surface area (Å²) in [5.74, 6) is -1.36. The summed E-state index contributed by atoms with van der Waals surface area (Å²) in [4.78, 5) is 39.8. The van der Waals surface area contributed by atoms with E-state index in [1.807, 2.05) is 0 Å². The van der Waals surface area contributed by atoms with Crippen LogP contribution < -0.4 is 0 Å². The van der Waals surface area contributed by atoms with Crippen LogP contribution >= 0.6 is 0 Å². The number of methoxy groups -OCH3 is 2. The fourth-order valence-corrected chi connectivity index (χ4v) is 0.358. The molecule has 0 amide bonds. The van der Waals surface area contributed by atoms with Crippen molar-refractivity contribution in [3.63, 3.8) is 0 Å². The molecular weight excluding hydrogens is 216 g/mol. The Morgan fingerprint density at radius 1 is 0.875 bits per heavy atom. The predicted molar refractivity (Wildman–Crippen MR) is 54.4 cm³/mol. The smallest absolute Gasteiger partial charge is 0.340 e. The minimum atomic E-state index is -0.681. The van der Waals surface area contributed by atoms with E-state index in [1.54, 1.807) is 0 Å².